The number of thioether (sulfide) groups is 1. The number of nitrogens with two attached hydrogens (primary N) is 1. The number of hydrogen-bond donors (Lipinski definition) is 1. The zero-order valence-electron chi connectivity index (χ0n) is 11.3. The van der Waals surface area contributed by atoms with Crippen molar-refractivity contribution in [1.82, 2.24) is 0 Å². The number of hydrogen-bond acceptors (Lipinski definition) is 4. The third kappa shape index (κ3) is 4.63. The summed E-state index contributed by atoms with van der Waals surface area (Å²) in [5, 5.41) is 0.668. The third-order valence-corrected chi connectivity index (χ3v) is 3.83. The largest absolute Gasteiger partial charge is 0.494 e. The molecule has 0 radical (unpaired) electrons. The molecule has 4 heteroatoms. The second kappa shape index (κ2) is 7.24. The van der Waals surface area contributed by atoms with E-state index in [9.17, 15) is 0 Å². The van der Waals surface area contributed by atoms with E-state index in [0.717, 1.165) is 37.4 Å². The van der Waals surface area contributed by atoms with Crippen LogP contribution in [0.1, 0.15) is 25.3 Å². The molecule has 102 valence electrons. The Morgan fingerprint density at radius 2 is 2.05 bits per heavy atom. The van der Waals surface area contributed by atoms with Crippen molar-refractivity contribution in [2.45, 2.75) is 26.2 Å². The Morgan fingerprint density at radius 3 is 2.68 bits per heavy atom. The number of nitrogens with zero attached hydrogens (tertiary/aromatic N) is 1. The highest BCUT2D eigenvalue weighted by atomic mass is 32.2. The van der Waals surface area contributed by atoms with Crippen LogP contribution in [0.15, 0.2) is 41.0 Å². The summed E-state index contributed by atoms with van der Waals surface area (Å²) in [5.74, 6) is 1.92. The molecule has 0 atom stereocenters. The van der Waals surface area contributed by atoms with Gasteiger partial charge in [-0.1, -0.05) is 30.8 Å². The molecule has 2 N–H and O–H groups in total. The molecule has 1 aliphatic heterocycles. The minimum absolute atomic E-state index is 0.668. The summed E-state index contributed by atoms with van der Waals surface area (Å²) in [5.41, 5.74) is 8.30. The highest BCUT2D eigenvalue weighted by Gasteiger charge is 2.06. The number of rotatable bonds is 6. The molecule has 1 aromatic rings. The molecule has 0 aliphatic carbocycles. The molecule has 19 heavy (non-hydrogen) atoms. The molecular weight excluding hydrogens is 256 g/mol. The van der Waals surface area contributed by atoms with Gasteiger partial charge in [0.2, 0.25) is 0 Å². The molecule has 1 aromatic carbocycles. The number of amidine groups is 1. The average molecular weight is 276 g/mol. The maximum absolute atomic E-state index is 5.62. The molecule has 0 fully saturated rings. The summed E-state index contributed by atoms with van der Waals surface area (Å²) >= 11 is 1.61. The summed E-state index contributed by atoms with van der Waals surface area (Å²) in [6.07, 6.45) is 5.02. The van der Waals surface area contributed by atoms with Gasteiger partial charge < -0.3 is 10.5 Å². The minimum atomic E-state index is 0.668. The Kier molecular flexibility index (Phi) is 5.33. The Hall–Kier alpha value is -1.42. The monoisotopic (exact) mass is 276 g/mol. The van der Waals surface area contributed by atoms with Crippen LogP contribution in [0.3, 0.4) is 0 Å². The number of ether oxygens (including phenoxy) is 1. The van der Waals surface area contributed by atoms with Crippen molar-refractivity contribution in [1.29, 1.82) is 0 Å². The maximum Gasteiger partial charge on any atom is 0.158 e. The van der Waals surface area contributed by atoms with E-state index in [0.29, 0.717) is 5.17 Å². The standard InChI is InChI=1S/C15H20N2OS/c1-2-9-18-14-7-5-12(6-8-14)3-4-13-10-17-15(16)19-11-13/h5-8,10H,2-4,9,11H2,1H3,(H2,16,17). The molecule has 0 bridgehead atoms. The lowest BCUT2D eigenvalue weighted by Gasteiger charge is -2.11. The van der Waals surface area contributed by atoms with Crippen LogP contribution in [-0.2, 0) is 6.42 Å². The van der Waals surface area contributed by atoms with Gasteiger partial charge in [-0.15, -0.1) is 0 Å². The van der Waals surface area contributed by atoms with E-state index < -0.39 is 0 Å². The van der Waals surface area contributed by atoms with Gasteiger partial charge in [0.15, 0.2) is 5.17 Å². The van der Waals surface area contributed by atoms with Gasteiger partial charge in [0.1, 0.15) is 5.75 Å². The summed E-state index contributed by atoms with van der Waals surface area (Å²) in [6.45, 7) is 2.89. The van der Waals surface area contributed by atoms with Gasteiger partial charge in [0.25, 0.3) is 0 Å². The van der Waals surface area contributed by atoms with Gasteiger partial charge in [0.05, 0.1) is 6.61 Å². The quantitative estimate of drug-likeness (QED) is 0.866. The van der Waals surface area contributed by atoms with Crippen molar-refractivity contribution in [3.63, 3.8) is 0 Å². The molecule has 0 amide bonds. The van der Waals surface area contributed by atoms with Crippen molar-refractivity contribution < 1.29 is 4.74 Å². The first-order valence-corrected chi connectivity index (χ1v) is 7.62. The van der Waals surface area contributed by atoms with Gasteiger partial charge in [-0.25, -0.2) is 4.99 Å². The Balaban J connectivity index is 1.83. The lowest BCUT2D eigenvalue weighted by Crippen LogP contribution is -2.10. The second-order valence-electron chi connectivity index (χ2n) is 4.54. The second-order valence-corrected chi connectivity index (χ2v) is 5.53. The zero-order chi connectivity index (χ0) is 13.5. The van der Waals surface area contributed by atoms with Gasteiger partial charge in [-0.2, -0.15) is 0 Å². The highest BCUT2D eigenvalue weighted by Crippen LogP contribution is 2.20. The van der Waals surface area contributed by atoms with Crippen molar-refractivity contribution in [3.05, 3.63) is 41.6 Å². The molecule has 1 aliphatic rings. The van der Waals surface area contributed by atoms with Crippen molar-refractivity contribution in [2.24, 2.45) is 10.7 Å². The normalized spacial score (nSPS) is 14.8. The fraction of sp³-hybridized carbons (Fsp3) is 0.400. The van der Waals surface area contributed by atoms with Gasteiger partial charge >= 0.3 is 0 Å². The summed E-state index contributed by atoms with van der Waals surface area (Å²) < 4.78 is 5.57. The fourth-order valence-electron chi connectivity index (χ4n) is 1.81. The molecule has 0 saturated carbocycles. The van der Waals surface area contributed by atoms with Crippen molar-refractivity contribution in [2.75, 3.05) is 12.4 Å². The highest BCUT2D eigenvalue weighted by molar-refractivity contribution is 8.14. The number of aliphatic imine (C=N–C) groups is 1. The number of aryl methyl sites for hydroxylation is 1. The van der Waals surface area contributed by atoms with E-state index in [2.05, 4.69) is 24.0 Å². The van der Waals surface area contributed by atoms with E-state index in [1.807, 2.05) is 18.3 Å². The van der Waals surface area contributed by atoms with Crippen LogP contribution in [0.2, 0.25) is 0 Å². The molecule has 0 aromatic heterocycles. The predicted molar refractivity (Wildman–Crippen MR) is 82.7 cm³/mol. The summed E-state index contributed by atoms with van der Waals surface area (Å²) in [6, 6.07) is 8.37. The van der Waals surface area contributed by atoms with Crippen LogP contribution in [0.25, 0.3) is 0 Å². The Morgan fingerprint density at radius 1 is 1.26 bits per heavy atom. The van der Waals surface area contributed by atoms with Crippen LogP contribution in [0.4, 0.5) is 0 Å². The molecule has 3 nitrogen and oxygen atoms in total. The van der Waals surface area contributed by atoms with E-state index in [1.54, 1.807) is 11.8 Å². The molecule has 1 heterocycles. The minimum Gasteiger partial charge on any atom is -0.494 e. The average Bonchev–Trinajstić information content (AvgIpc) is 2.46. The lowest BCUT2D eigenvalue weighted by molar-refractivity contribution is 0.317. The van der Waals surface area contributed by atoms with Gasteiger partial charge in [-0.3, -0.25) is 0 Å². The van der Waals surface area contributed by atoms with E-state index in [4.69, 9.17) is 10.5 Å². The van der Waals surface area contributed by atoms with Crippen LogP contribution in [0.5, 0.6) is 5.75 Å². The SMILES string of the molecule is CCCOc1ccc(CCC2=CN=C(N)SC2)cc1. The van der Waals surface area contributed by atoms with Crippen LogP contribution < -0.4 is 10.5 Å². The van der Waals surface area contributed by atoms with Crippen molar-refractivity contribution >= 4 is 16.9 Å². The Labute approximate surface area is 118 Å². The topological polar surface area (TPSA) is 47.6 Å². The lowest BCUT2D eigenvalue weighted by atomic mass is 10.1. The first kappa shape index (κ1) is 14.0. The Bertz CT molecular complexity index is 466. The maximum atomic E-state index is 5.62. The van der Waals surface area contributed by atoms with E-state index >= 15 is 0 Å². The third-order valence-electron chi connectivity index (χ3n) is 2.91. The van der Waals surface area contributed by atoms with Gasteiger partial charge in [0, 0.05) is 12.0 Å². The fourth-order valence-corrected chi connectivity index (χ4v) is 2.49. The zero-order valence-corrected chi connectivity index (χ0v) is 12.1. The van der Waals surface area contributed by atoms with Crippen LogP contribution >= 0.6 is 11.8 Å². The van der Waals surface area contributed by atoms with Crippen LogP contribution in [-0.4, -0.2) is 17.5 Å². The molecule has 2 rings (SSSR count). The predicted octanol–water partition coefficient (Wildman–Crippen LogP) is 3.35. The van der Waals surface area contributed by atoms with Crippen molar-refractivity contribution in [3.8, 4) is 5.75 Å². The molecular formula is C15H20N2OS. The summed E-state index contributed by atoms with van der Waals surface area (Å²) in [7, 11) is 0. The molecule has 0 saturated heterocycles. The van der Waals surface area contributed by atoms with E-state index in [1.165, 1.54) is 11.1 Å². The van der Waals surface area contributed by atoms with E-state index in [-0.39, 0.29) is 0 Å². The molecule has 0 unspecified atom stereocenters. The van der Waals surface area contributed by atoms with Gasteiger partial charge in [-0.05, 0) is 42.5 Å². The number of benzene rings is 1. The first-order chi connectivity index (χ1) is 9.28. The summed E-state index contributed by atoms with van der Waals surface area (Å²) in [4.78, 5) is 4.15. The first-order valence-electron chi connectivity index (χ1n) is 6.63. The van der Waals surface area contributed by atoms with Crippen LogP contribution in [0, 0.1) is 0 Å². The smallest absolute Gasteiger partial charge is 0.158 e. The molecule has 0 spiro atoms.